The third kappa shape index (κ3) is 2.50. The zero-order valence-corrected chi connectivity index (χ0v) is 11.1. The first-order valence-electron chi connectivity index (χ1n) is 6.74. The SMILES string of the molecule is O=C(O)c1ccc2c(c1)N(CCc1ccncc1)CC2. The maximum absolute atomic E-state index is 11.1. The Morgan fingerprint density at radius 1 is 1.25 bits per heavy atom. The molecule has 1 aliphatic heterocycles. The standard InChI is InChI=1S/C16H16N2O2/c19-16(20)14-2-1-13-6-10-18(15(13)11-14)9-5-12-3-7-17-8-4-12/h1-4,7-8,11H,5-6,9-10H2,(H,19,20). The monoisotopic (exact) mass is 268 g/mol. The van der Waals surface area contributed by atoms with E-state index in [1.54, 1.807) is 24.5 Å². The summed E-state index contributed by atoms with van der Waals surface area (Å²) in [5.74, 6) is -0.867. The zero-order valence-electron chi connectivity index (χ0n) is 11.1. The van der Waals surface area contributed by atoms with Crippen LogP contribution in [0.25, 0.3) is 0 Å². The summed E-state index contributed by atoms with van der Waals surface area (Å²) < 4.78 is 0. The minimum absolute atomic E-state index is 0.361. The number of benzene rings is 1. The third-order valence-electron chi connectivity index (χ3n) is 3.74. The Labute approximate surface area is 117 Å². The van der Waals surface area contributed by atoms with Gasteiger partial charge in [0.25, 0.3) is 0 Å². The number of nitrogens with zero attached hydrogens (tertiary/aromatic N) is 2. The van der Waals surface area contributed by atoms with Crippen molar-refractivity contribution in [3.63, 3.8) is 0 Å². The second kappa shape index (κ2) is 5.33. The van der Waals surface area contributed by atoms with Crippen molar-refractivity contribution in [1.82, 2.24) is 4.98 Å². The Bertz CT molecular complexity index is 626. The van der Waals surface area contributed by atoms with E-state index in [4.69, 9.17) is 5.11 Å². The second-order valence-corrected chi connectivity index (χ2v) is 4.99. The highest BCUT2D eigenvalue weighted by molar-refractivity contribution is 5.89. The highest BCUT2D eigenvalue weighted by Crippen LogP contribution is 2.29. The van der Waals surface area contributed by atoms with Crippen LogP contribution in [0.3, 0.4) is 0 Å². The fourth-order valence-corrected chi connectivity index (χ4v) is 2.62. The van der Waals surface area contributed by atoms with Crippen molar-refractivity contribution < 1.29 is 9.90 Å². The predicted octanol–water partition coefficient (Wildman–Crippen LogP) is 2.39. The Morgan fingerprint density at radius 2 is 2.05 bits per heavy atom. The molecule has 0 fully saturated rings. The van der Waals surface area contributed by atoms with Crippen molar-refractivity contribution in [3.05, 3.63) is 59.4 Å². The van der Waals surface area contributed by atoms with Gasteiger partial charge < -0.3 is 10.0 Å². The summed E-state index contributed by atoms with van der Waals surface area (Å²) in [6.45, 7) is 1.86. The van der Waals surface area contributed by atoms with Crippen LogP contribution >= 0.6 is 0 Å². The first-order chi connectivity index (χ1) is 9.74. The number of carboxylic acids is 1. The van der Waals surface area contributed by atoms with Gasteiger partial charge in [-0.15, -0.1) is 0 Å². The van der Waals surface area contributed by atoms with E-state index >= 15 is 0 Å². The van der Waals surface area contributed by atoms with Crippen LogP contribution < -0.4 is 4.90 Å². The number of aromatic nitrogens is 1. The number of carboxylic acid groups (broad SMARTS) is 1. The van der Waals surface area contributed by atoms with Crippen molar-refractivity contribution in [3.8, 4) is 0 Å². The van der Waals surface area contributed by atoms with E-state index in [1.807, 2.05) is 18.2 Å². The molecule has 3 rings (SSSR count). The number of hydrogen-bond acceptors (Lipinski definition) is 3. The second-order valence-electron chi connectivity index (χ2n) is 4.99. The van der Waals surface area contributed by atoms with Crippen LogP contribution in [0.2, 0.25) is 0 Å². The minimum Gasteiger partial charge on any atom is -0.478 e. The number of hydrogen-bond donors (Lipinski definition) is 1. The number of pyridine rings is 1. The number of rotatable bonds is 4. The lowest BCUT2D eigenvalue weighted by molar-refractivity contribution is 0.0697. The molecule has 0 saturated heterocycles. The van der Waals surface area contributed by atoms with Crippen LogP contribution in [0.4, 0.5) is 5.69 Å². The summed E-state index contributed by atoms with van der Waals surface area (Å²) in [6.07, 6.45) is 5.54. The molecule has 1 N–H and O–H groups in total. The Morgan fingerprint density at radius 3 is 2.80 bits per heavy atom. The molecule has 4 nitrogen and oxygen atoms in total. The van der Waals surface area contributed by atoms with Gasteiger partial charge in [0.15, 0.2) is 0 Å². The van der Waals surface area contributed by atoms with E-state index in [1.165, 1.54) is 11.1 Å². The van der Waals surface area contributed by atoms with Crippen LogP contribution in [-0.4, -0.2) is 29.1 Å². The van der Waals surface area contributed by atoms with Crippen LogP contribution in [0.5, 0.6) is 0 Å². The molecule has 0 radical (unpaired) electrons. The number of carbonyl (C=O) groups is 1. The molecule has 1 aromatic heterocycles. The first kappa shape index (κ1) is 12.7. The number of fused-ring (bicyclic) bond motifs is 1. The normalized spacial score (nSPS) is 13.3. The number of aromatic carboxylic acids is 1. The molecule has 0 amide bonds. The first-order valence-corrected chi connectivity index (χ1v) is 6.74. The summed E-state index contributed by atoms with van der Waals surface area (Å²) in [6, 6.07) is 9.45. The quantitative estimate of drug-likeness (QED) is 0.925. The molecule has 0 aliphatic carbocycles. The molecule has 20 heavy (non-hydrogen) atoms. The van der Waals surface area contributed by atoms with Crippen LogP contribution in [0.1, 0.15) is 21.5 Å². The van der Waals surface area contributed by atoms with Gasteiger partial charge in [-0.2, -0.15) is 0 Å². The van der Waals surface area contributed by atoms with Gasteiger partial charge in [-0.25, -0.2) is 4.79 Å². The fourth-order valence-electron chi connectivity index (χ4n) is 2.62. The van der Waals surface area contributed by atoms with Crippen molar-refractivity contribution in [2.75, 3.05) is 18.0 Å². The van der Waals surface area contributed by atoms with Crippen LogP contribution in [0.15, 0.2) is 42.7 Å². The van der Waals surface area contributed by atoms with E-state index in [-0.39, 0.29) is 0 Å². The smallest absolute Gasteiger partial charge is 0.335 e. The Hall–Kier alpha value is -2.36. The van der Waals surface area contributed by atoms with Gasteiger partial charge in [-0.05, 0) is 48.2 Å². The molecule has 1 aliphatic rings. The Kier molecular flexibility index (Phi) is 3.37. The summed E-state index contributed by atoms with van der Waals surface area (Å²) in [5, 5.41) is 9.08. The van der Waals surface area contributed by atoms with Crippen molar-refractivity contribution in [2.24, 2.45) is 0 Å². The predicted molar refractivity (Wildman–Crippen MR) is 77.3 cm³/mol. The topological polar surface area (TPSA) is 53.4 Å². The molecule has 2 heterocycles. The van der Waals surface area contributed by atoms with Gasteiger partial charge in [0.2, 0.25) is 0 Å². The zero-order chi connectivity index (χ0) is 13.9. The molecule has 102 valence electrons. The molecule has 0 unspecified atom stereocenters. The van der Waals surface area contributed by atoms with Gasteiger partial charge >= 0.3 is 5.97 Å². The maximum atomic E-state index is 11.1. The van der Waals surface area contributed by atoms with Gasteiger partial charge in [-0.3, -0.25) is 4.98 Å². The molecule has 0 bridgehead atoms. The molecule has 0 atom stereocenters. The molecule has 4 heteroatoms. The van der Waals surface area contributed by atoms with Crippen molar-refractivity contribution in [2.45, 2.75) is 12.8 Å². The fraction of sp³-hybridized carbons (Fsp3) is 0.250. The minimum atomic E-state index is -0.867. The number of anilines is 1. The van der Waals surface area contributed by atoms with E-state index in [0.29, 0.717) is 5.56 Å². The van der Waals surface area contributed by atoms with E-state index < -0.39 is 5.97 Å². The molecular weight excluding hydrogens is 252 g/mol. The van der Waals surface area contributed by atoms with Gasteiger partial charge in [0, 0.05) is 31.2 Å². The lowest BCUT2D eigenvalue weighted by Crippen LogP contribution is -2.23. The summed E-state index contributed by atoms with van der Waals surface area (Å²) in [4.78, 5) is 17.3. The van der Waals surface area contributed by atoms with Gasteiger partial charge in [-0.1, -0.05) is 6.07 Å². The Balaban J connectivity index is 1.75. The van der Waals surface area contributed by atoms with Crippen molar-refractivity contribution >= 4 is 11.7 Å². The summed E-state index contributed by atoms with van der Waals surface area (Å²) in [5.41, 5.74) is 3.92. The molecular formula is C16H16N2O2. The third-order valence-corrected chi connectivity index (χ3v) is 3.74. The average molecular weight is 268 g/mol. The molecule has 0 spiro atoms. The van der Waals surface area contributed by atoms with Gasteiger partial charge in [0.1, 0.15) is 0 Å². The van der Waals surface area contributed by atoms with E-state index in [2.05, 4.69) is 9.88 Å². The van der Waals surface area contributed by atoms with E-state index in [0.717, 1.165) is 31.6 Å². The van der Waals surface area contributed by atoms with Crippen LogP contribution in [-0.2, 0) is 12.8 Å². The highest BCUT2D eigenvalue weighted by atomic mass is 16.4. The van der Waals surface area contributed by atoms with E-state index in [9.17, 15) is 4.79 Å². The highest BCUT2D eigenvalue weighted by Gasteiger charge is 2.20. The maximum Gasteiger partial charge on any atom is 0.335 e. The largest absolute Gasteiger partial charge is 0.478 e. The molecule has 1 aromatic carbocycles. The lowest BCUT2D eigenvalue weighted by Gasteiger charge is -2.19. The van der Waals surface area contributed by atoms with Gasteiger partial charge in [0.05, 0.1) is 5.56 Å². The molecule has 2 aromatic rings. The van der Waals surface area contributed by atoms with Crippen LogP contribution in [0, 0.1) is 0 Å². The lowest BCUT2D eigenvalue weighted by atomic mass is 10.1. The average Bonchev–Trinajstić information content (AvgIpc) is 2.88. The van der Waals surface area contributed by atoms with Crippen molar-refractivity contribution in [1.29, 1.82) is 0 Å². The summed E-state index contributed by atoms with van der Waals surface area (Å²) >= 11 is 0. The summed E-state index contributed by atoms with van der Waals surface area (Å²) in [7, 11) is 0. The molecule has 0 saturated carbocycles.